The van der Waals surface area contributed by atoms with Crippen LogP contribution in [0.1, 0.15) is 54.4 Å². The molecule has 1 aliphatic rings. The monoisotopic (exact) mass is 292 g/mol. The van der Waals surface area contributed by atoms with Crippen LogP contribution in [0, 0.1) is 31.1 Å². The van der Waals surface area contributed by atoms with E-state index >= 15 is 0 Å². The predicted molar refractivity (Wildman–Crippen MR) is 90.2 cm³/mol. The number of benzene rings is 1. The maximum Gasteiger partial charge on any atom is 0.101 e. The topological polar surface area (TPSA) is 28.7 Å². The highest BCUT2D eigenvalue weighted by atomic mass is 14.9. The van der Waals surface area contributed by atoms with E-state index in [1.165, 1.54) is 48.8 Å². The predicted octanol–water partition coefficient (Wildman–Crippen LogP) is 5.09. The van der Waals surface area contributed by atoms with Gasteiger partial charge in [0.25, 0.3) is 0 Å². The molecule has 1 heterocycles. The van der Waals surface area contributed by atoms with E-state index in [2.05, 4.69) is 48.9 Å². The molecule has 0 amide bonds. The van der Waals surface area contributed by atoms with Crippen LogP contribution in [0.3, 0.4) is 0 Å². The van der Waals surface area contributed by atoms with E-state index in [4.69, 9.17) is 0 Å². The second kappa shape index (κ2) is 6.40. The average Bonchev–Trinajstić information content (AvgIpc) is 3.16. The van der Waals surface area contributed by atoms with Crippen molar-refractivity contribution in [2.24, 2.45) is 5.92 Å². The number of hydrogen-bond acceptors (Lipinski definition) is 1. The van der Waals surface area contributed by atoms with E-state index in [1.807, 2.05) is 6.20 Å². The van der Waals surface area contributed by atoms with Crippen LogP contribution < -0.4 is 0 Å². The molecule has 0 unspecified atom stereocenters. The summed E-state index contributed by atoms with van der Waals surface area (Å²) in [6.07, 6.45) is 11.9. The fraction of sp³-hybridized carbons (Fsp3) is 0.450. The first-order valence-corrected chi connectivity index (χ1v) is 8.36. The Morgan fingerprint density at radius 3 is 2.59 bits per heavy atom. The van der Waals surface area contributed by atoms with Crippen molar-refractivity contribution in [1.29, 1.82) is 5.26 Å². The molecule has 0 aliphatic heterocycles. The molecule has 114 valence electrons. The van der Waals surface area contributed by atoms with Crippen LogP contribution in [0.4, 0.5) is 0 Å². The van der Waals surface area contributed by atoms with Crippen LogP contribution >= 0.6 is 0 Å². The minimum atomic E-state index is 0.830. The lowest BCUT2D eigenvalue weighted by atomic mass is 9.98. The second-order valence-corrected chi connectivity index (χ2v) is 6.67. The molecule has 0 spiro atoms. The van der Waals surface area contributed by atoms with Crippen LogP contribution in [0.15, 0.2) is 30.6 Å². The molecule has 2 nitrogen and oxygen atoms in total. The first-order valence-electron chi connectivity index (χ1n) is 8.36. The molecule has 3 rings (SSSR count). The Kier molecular flexibility index (Phi) is 4.34. The zero-order chi connectivity index (χ0) is 15.5. The van der Waals surface area contributed by atoms with Crippen LogP contribution in [0.5, 0.6) is 0 Å². The Bertz CT molecular complexity index is 697. The highest BCUT2D eigenvalue weighted by Crippen LogP contribution is 2.29. The summed E-state index contributed by atoms with van der Waals surface area (Å²) in [6.45, 7) is 4.26. The maximum absolute atomic E-state index is 9.41. The Balaban J connectivity index is 1.81. The molecule has 0 bridgehead atoms. The summed E-state index contributed by atoms with van der Waals surface area (Å²) in [7, 11) is 0. The first-order chi connectivity index (χ1) is 10.7. The minimum absolute atomic E-state index is 0.830. The highest BCUT2D eigenvalue weighted by molar-refractivity contribution is 5.45. The van der Waals surface area contributed by atoms with Gasteiger partial charge in [0.1, 0.15) is 6.07 Å². The van der Waals surface area contributed by atoms with Crippen molar-refractivity contribution in [2.75, 3.05) is 0 Å². The van der Waals surface area contributed by atoms with Gasteiger partial charge in [-0.1, -0.05) is 31.7 Å². The fourth-order valence-corrected chi connectivity index (χ4v) is 3.49. The summed E-state index contributed by atoms with van der Waals surface area (Å²) < 4.78 is 2.11. The zero-order valence-electron chi connectivity index (χ0n) is 13.6. The van der Waals surface area contributed by atoms with Crippen LogP contribution in [-0.2, 0) is 6.42 Å². The lowest BCUT2D eigenvalue weighted by Crippen LogP contribution is -1.97. The van der Waals surface area contributed by atoms with Crippen LogP contribution in [0.25, 0.3) is 5.69 Å². The second-order valence-electron chi connectivity index (χ2n) is 6.67. The quantitative estimate of drug-likeness (QED) is 0.771. The Hall–Kier alpha value is -2.01. The molecule has 2 aromatic rings. The van der Waals surface area contributed by atoms with Crippen molar-refractivity contribution < 1.29 is 0 Å². The lowest BCUT2D eigenvalue weighted by molar-refractivity contribution is 0.503. The summed E-state index contributed by atoms with van der Waals surface area (Å²) in [4.78, 5) is 0. The van der Waals surface area contributed by atoms with Crippen molar-refractivity contribution >= 4 is 0 Å². The van der Waals surface area contributed by atoms with E-state index in [1.54, 1.807) is 0 Å². The average molecular weight is 292 g/mol. The van der Waals surface area contributed by atoms with Crippen molar-refractivity contribution in [3.05, 3.63) is 52.8 Å². The number of aryl methyl sites for hydroxylation is 3. The van der Waals surface area contributed by atoms with E-state index in [-0.39, 0.29) is 0 Å². The molecule has 1 aromatic heterocycles. The fourth-order valence-electron chi connectivity index (χ4n) is 3.49. The van der Waals surface area contributed by atoms with E-state index in [0.29, 0.717) is 0 Å². The summed E-state index contributed by atoms with van der Waals surface area (Å²) in [5.41, 5.74) is 5.77. The molecule has 2 heteroatoms. The first kappa shape index (κ1) is 14.9. The molecular weight excluding hydrogens is 268 g/mol. The summed E-state index contributed by atoms with van der Waals surface area (Å²) in [6, 6.07) is 8.83. The molecule has 1 fully saturated rings. The third-order valence-electron chi connectivity index (χ3n) is 5.11. The van der Waals surface area contributed by atoms with Crippen molar-refractivity contribution in [1.82, 2.24) is 4.57 Å². The number of hydrogen-bond donors (Lipinski definition) is 0. The molecular formula is C20H24N2. The summed E-state index contributed by atoms with van der Waals surface area (Å²) in [5, 5.41) is 9.41. The SMILES string of the molecule is Cc1ccc(-n2cc(C#N)c(CCC3CCCC3)c2)cc1C. The lowest BCUT2D eigenvalue weighted by Gasteiger charge is -2.08. The molecule has 0 saturated heterocycles. The molecule has 0 N–H and O–H groups in total. The van der Waals surface area contributed by atoms with E-state index in [9.17, 15) is 5.26 Å². The van der Waals surface area contributed by atoms with Crippen LogP contribution in [0.2, 0.25) is 0 Å². The third-order valence-corrected chi connectivity index (χ3v) is 5.11. The van der Waals surface area contributed by atoms with Gasteiger partial charge in [0.2, 0.25) is 0 Å². The van der Waals surface area contributed by atoms with Gasteiger partial charge in [-0.3, -0.25) is 0 Å². The van der Waals surface area contributed by atoms with Gasteiger partial charge in [0.05, 0.1) is 5.56 Å². The van der Waals surface area contributed by atoms with E-state index < -0.39 is 0 Å². The van der Waals surface area contributed by atoms with Gasteiger partial charge in [-0.2, -0.15) is 5.26 Å². The van der Waals surface area contributed by atoms with Gasteiger partial charge < -0.3 is 4.57 Å². The molecule has 0 atom stereocenters. The Labute approximate surface area is 133 Å². The zero-order valence-corrected chi connectivity index (χ0v) is 13.6. The smallest absolute Gasteiger partial charge is 0.101 e. The molecule has 1 aliphatic carbocycles. The van der Waals surface area contributed by atoms with Crippen molar-refractivity contribution in [2.45, 2.75) is 52.4 Å². The van der Waals surface area contributed by atoms with E-state index in [0.717, 1.165) is 23.6 Å². The molecule has 22 heavy (non-hydrogen) atoms. The number of aromatic nitrogens is 1. The Morgan fingerprint density at radius 2 is 1.91 bits per heavy atom. The minimum Gasteiger partial charge on any atom is -0.322 e. The van der Waals surface area contributed by atoms with Gasteiger partial charge in [-0.25, -0.2) is 0 Å². The molecule has 1 saturated carbocycles. The molecule has 0 radical (unpaired) electrons. The summed E-state index contributed by atoms with van der Waals surface area (Å²) >= 11 is 0. The van der Waals surface area contributed by atoms with Gasteiger partial charge in [-0.15, -0.1) is 0 Å². The van der Waals surface area contributed by atoms with Gasteiger partial charge in [0, 0.05) is 18.1 Å². The summed E-state index contributed by atoms with van der Waals surface area (Å²) in [5.74, 6) is 0.872. The largest absolute Gasteiger partial charge is 0.322 e. The number of nitrogens with zero attached hydrogens (tertiary/aromatic N) is 2. The number of rotatable bonds is 4. The number of nitriles is 1. The van der Waals surface area contributed by atoms with Gasteiger partial charge in [-0.05, 0) is 61.4 Å². The van der Waals surface area contributed by atoms with Gasteiger partial charge in [0.15, 0.2) is 0 Å². The Morgan fingerprint density at radius 1 is 1.14 bits per heavy atom. The maximum atomic E-state index is 9.41. The molecule has 1 aromatic carbocycles. The van der Waals surface area contributed by atoms with Crippen molar-refractivity contribution in [3.8, 4) is 11.8 Å². The third kappa shape index (κ3) is 3.09. The normalized spacial score (nSPS) is 15.1. The van der Waals surface area contributed by atoms with Crippen molar-refractivity contribution in [3.63, 3.8) is 0 Å². The standard InChI is InChI=1S/C20H24N2/c1-15-7-10-20(11-16(15)2)22-13-18(19(12-21)14-22)9-8-17-5-3-4-6-17/h7,10-11,13-14,17H,3-6,8-9H2,1-2H3. The van der Waals surface area contributed by atoms with Crippen LogP contribution in [-0.4, -0.2) is 4.57 Å². The highest BCUT2D eigenvalue weighted by Gasteiger charge is 2.16. The van der Waals surface area contributed by atoms with Gasteiger partial charge >= 0.3 is 0 Å².